The summed E-state index contributed by atoms with van der Waals surface area (Å²) in [6.07, 6.45) is 2.12. The van der Waals surface area contributed by atoms with Gasteiger partial charge in [0.1, 0.15) is 29.2 Å². The number of benzene rings is 2. The Morgan fingerprint density at radius 2 is 1.86 bits per heavy atom. The van der Waals surface area contributed by atoms with E-state index in [0.29, 0.717) is 43.3 Å². The Kier molecular flexibility index (Phi) is 8.31. The van der Waals surface area contributed by atoms with Crippen LogP contribution in [-0.2, 0) is 11.3 Å². The molecular weight excluding hydrogens is 494 g/mol. The number of aliphatic hydroxyl groups is 1. The van der Waals surface area contributed by atoms with Crippen LogP contribution in [0.4, 0.5) is 4.79 Å². The Hall–Kier alpha value is -2.81. The van der Waals surface area contributed by atoms with Crippen LogP contribution in [0.3, 0.4) is 0 Å². The molecule has 0 aliphatic carbocycles. The van der Waals surface area contributed by atoms with Gasteiger partial charge in [-0.1, -0.05) is 29.8 Å². The van der Waals surface area contributed by atoms with Crippen LogP contribution in [0.2, 0.25) is 5.02 Å². The summed E-state index contributed by atoms with van der Waals surface area (Å²) in [5, 5.41) is 14.4. The fourth-order valence-electron chi connectivity index (χ4n) is 4.78. The predicted octanol–water partition coefficient (Wildman–Crippen LogP) is 4.15. The van der Waals surface area contributed by atoms with Crippen LogP contribution < -0.4 is 14.8 Å². The maximum Gasteiger partial charge on any atom is 0.325 e. The maximum atomic E-state index is 12.2. The molecule has 2 N–H and O–H groups in total. The van der Waals surface area contributed by atoms with Gasteiger partial charge in [0, 0.05) is 19.6 Å². The summed E-state index contributed by atoms with van der Waals surface area (Å²) in [4.78, 5) is 27.7. The van der Waals surface area contributed by atoms with Crippen molar-refractivity contribution in [1.29, 1.82) is 0 Å². The minimum absolute atomic E-state index is 0.196. The quantitative estimate of drug-likeness (QED) is 0.355. The highest BCUT2D eigenvalue weighted by Crippen LogP contribution is 2.29. The SMILES string of the molecule is Cc1ccc(Cl)c(OC[C@@]2(O)CCCN(Cc3ccc(OCCCN4C(=O)NC(C)(C)C4=O)cc3)C2)c1. The van der Waals surface area contributed by atoms with Crippen molar-refractivity contribution in [3.63, 3.8) is 0 Å². The van der Waals surface area contributed by atoms with Gasteiger partial charge in [0.2, 0.25) is 0 Å². The van der Waals surface area contributed by atoms with E-state index in [0.717, 1.165) is 36.4 Å². The van der Waals surface area contributed by atoms with Crippen LogP contribution in [0.15, 0.2) is 42.5 Å². The average molecular weight is 530 g/mol. The molecule has 0 aromatic heterocycles. The van der Waals surface area contributed by atoms with Crippen molar-refractivity contribution in [2.24, 2.45) is 0 Å². The topological polar surface area (TPSA) is 91.3 Å². The van der Waals surface area contributed by atoms with Gasteiger partial charge in [-0.3, -0.25) is 14.6 Å². The fourth-order valence-corrected chi connectivity index (χ4v) is 4.95. The third-order valence-electron chi connectivity index (χ3n) is 6.79. The number of urea groups is 1. The number of hydrogen-bond donors (Lipinski definition) is 2. The van der Waals surface area contributed by atoms with Crippen molar-refractivity contribution in [3.8, 4) is 11.5 Å². The molecule has 0 unspecified atom stereocenters. The summed E-state index contributed by atoms with van der Waals surface area (Å²) in [5.41, 5.74) is 0.402. The summed E-state index contributed by atoms with van der Waals surface area (Å²) >= 11 is 6.24. The van der Waals surface area contributed by atoms with Gasteiger partial charge in [0.25, 0.3) is 5.91 Å². The molecule has 2 aliphatic heterocycles. The summed E-state index contributed by atoms with van der Waals surface area (Å²) in [7, 11) is 0. The lowest BCUT2D eigenvalue weighted by Gasteiger charge is -2.39. The molecule has 2 fully saturated rings. The zero-order chi connectivity index (χ0) is 26.6. The standard InChI is InChI=1S/C28H36ClN3O5/c1-20-6-11-23(29)24(16-20)37-19-28(35)12-4-13-31(18-28)17-21-7-9-22(10-8-21)36-15-5-14-32-25(33)27(2,3)30-26(32)34/h6-11,16,35H,4-5,12-15,17-19H2,1-3H3,(H,30,34)/t28-/m1/s1. The molecule has 1 atom stereocenters. The summed E-state index contributed by atoms with van der Waals surface area (Å²) < 4.78 is 11.7. The number of carbonyl (C=O) groups is 2. The number of hydrogen-bond acceptors (Lipinski definition) is 6. The molecule has 0 bridgehead atoms. The van der Waals surface area contributed by atoms with Crippen molar-refractivity contribution in [2.45, 2.75) is 57.7 Å². The number of aryl methyl sites for hydroxylation is 1. The zero-order valence-electron chi connectivity index (χ0n) is 21.8. The van der Waals surface area contributed by atoms with E-state index < -0.39 is 11.1 Å². The number of piperidine rings is 1. The number of amides is 3. The van der Waals surface area contributed by atoms with E-state index in [1.54, 1.807) is 13.8 Å². The summed E-state index contributed by atoms with van der Waals surface area (Å²) in [6, 6.07) is 13.2. The van der Waals surface area contributed by atoms with Crippen LogP contribution in [0.1, 0.15) is 44.2 Å². The molecule has 0 radical (unpaired) electrons. The number of nitrogens with one attached hydrogen (secondary N) is 1. The first-order valence-corrected chi connectivity index (χ1v) is 13.1. The van der Waals surface area contributed by atoms with Crippen LogP contribution in [0, 0.1) is 6.92 Å². The lowest BCUT2D eigenvalue weighted by atomic mass is 9.93. The molecule has 2 saturated heterocycles. The third-order valence-corrected chi connectivity index (χ3v) is 7.10. The van der Waals surface area contributed by atoms with E-state index >= 15 is 0 Å². The Morgan fingerprint density at radius 3 is 2.57 bits per heavy atom. The van der Waals surface area contributed by atoms with E-state index in [-0.39, 0.29) is 18.5 Å². The average Bonchev–Trinajstić information content (AvgIpc) is 3.04. The molecular formula is C28H36ClN3O5. The predicted molar refractivity (Wildman–Crippen MR) is 142 cm³/mol. The molecule has 4 rings (SSSR count). The normalized spacial score (nSPS) is 21.7. The zero-order valence-corrected chi connectivity index (χ0v) is 22.5. The number of β-amino-alcohol motifs (C(OH)–C–C–N with tert-alkyl or cyclic N) is 1. The van der Waals surface area contributed by atoms with Gasteiger partial charge < -0.3 is 19.9 Å². The Morgan fingerprint density at radius 1 is 1.11 bits per heavy atom. The number of carbonyl (C=O) groups excluding carboxylic acids is 2. The second-order valence-corrected chi connectivity index (χ2v) is 11.0. The minimum atomic E-state index is -0.933. The lowest BCUT2D eigenvalue weighted by molar-refractivity contribution is -0.130. The van der Waals surface area contributed by atoms with Crippen LogP contribution >= 0.6 is 11.6 Å². The Bertz CT molecular complexity index is 1120. The Labute approximate surface area is 223 Å². The second kappa shape index (κ2) is 11.3. The number of ether oxygens (including phenoxy) is 2. The largest absolute Gasteiger partial charge is 0.494 e. The van der Waals surface area contributed by atoms with Gasteiger partial charge in [-0.25, -0.2) is 4.79 Å². The summed E-state index contributed by atoms with van der Waals surface area (Å²) in [6.45, 7) is 8.45. The third kappa shape index (κ3) is 6.94. The highest BCUT2D eigenvalue weighted by Gasteiger charge is 2.43. The molecule has 200 valence electrons. The molecule has 9 heteroatoms. The Balaban J connectivity index is 1.22. The molecule has 37 heavy (non-hydrogen) atoms. The van der Waals surface area contributed by atoms with E-state index in [9.17, 15) is 14.7 Å². The number of halogens is 1. The van der Waals surface area contributed by atoms with Crippen LogP contribution in [-0.4, -0.2) is 70.8 Å². The van der Waals surface area contributed by atoms with Gasteiger partial charge in [0.15, 0.2) is 0 Å². The van der Waals surface area contributed by atoms with Crippen LogP contribution in [0.25, 0.3) is 0 Å². The molecule has 2 aromatic carbocycles. The van der Waals surface area contributed by atoms with Crippen molar-refractivity contribution in [3.05, 3.63) is 58.6 Å². The van der Waals surface area contributed by atoms with Gasteiger partial charge >= 0.3 is 6.03 Å². The van der Waals surface area contributed by atoms with E-state index in [1.165, 1.54) is 4.90 Å². The van der Waals surface area contributed by atoms with Crippen molar-refractivity contribution < 1.29 is 24.2 Å². The number of nitrogens with zero attached hydrogens (tertiary/aromatic N) is 2. The lowest BCUT2D eigenvalue weighted by Crippen LogP contribution is -2.51. The highest BCUT2D eigenvalue weighted by molar-refractivity contribution is 6.32. The van der Waals surface area contributed by atoms with E-state index in [2.05, 4.69) is 10.2 Å². The van der Waals surface area contributed by atoms with Crippen molar-refractivity contribution in [1.82, 2.24) is 15.1 Å². The second-order valence-electron chi connectivity index (χ2n) is 10.6. The molecule has 2 aromatic rings. The first-order valence-electron chi connectivity index (χ1n) is 12.7. The molecule has 0 spiro atoms. The van der Waals surface area contributed by atoms with Gasteiger partial charge in [-0.2, -0.15) is 0 Å². The number of imide groups is 1. The van der Waals surface area contributed by atoms with E-state index in [1.807, 2.05) is 49.4 Å². The molecule has 8 nitrogen and oxygen atoms in total. The van der Waals surface area contributed by atoms with E-state index in [4.69, 9.17) is 21.1 Å². The van der Waals surface area contributed by atoms with Gasteiger partial charge in [-0.15, -0.1) is 0 Å². The first-order chi connectivity index (χ1) is 17.5. The van der Waals surface area contributed by atoms with Crippen molar-refractivity contribution >= 4 is 23.5 Å². The smallest absolute Gasteiger partial charge is 0.325 e. The monoisotopic (exact) mass is 529 g/mol. The highest BCUT2D eigenvalue weighted by atomic mass is 35.5. The molecule has 3 amide bonds. The summed E-state index contributed by atoms with van der Waals surface area (Å²) in [5.74, 6) is 1.12. The molecule has 2 heterocycles. The minimum Gasteiger partial charge on any atom is -0.494 e. The molecule has 2 aliphatic rings. The van der Waals surface area contributed by atoms with Gasteiger partial charge in [-0.05, 0) is 82.0 Å². The van der Waals surface area contributed by atoms with Gasteiger partial charge in [0.05, 0.1) is 11.6 Å². The number of likely N-dealkylation sites (tertiary alicyclic amines) is 1. The maximum absolute atomic E-state index is 12.2. The fraction of sp³-hybridized carbons (Fsp3) is 0.500. The number of rotatable bonds is 10. The van der Waals surface area contributed by atoms with Crippen LogP contribution in [0.5, 0.6) is 11.5 Å². The van der Waals surface area contributed by atoms with Crippen molar-refractivity contribution in [2.75, 3.05) is 32.8 Å². The first kappa shape index (κ1) is 27.2. The molecule has 0 saturated carbocycles.